The maximum Gasteiger partial charge on any atom is 0.306 e. The van der Waals surface area contributed by atoms with Crippen LogP contribution in [-0.2, 0) is 22.6 Å². The summed E-state index contributed by atoms with van der Waals surface area (Å²) in [6, 6.07) is 13.3. The summed E-state index contributed by atoms with van der Waals surface area (Å²) in [6.45, 7) is 0.149. The first-order chi connectivity index (χ1) is 14.1. The van der Waals surface area contributed by atoms with Crippen LogP contribution in [0.4, 0.5) is 0 Å². The Balaban J connectivity index is 1.53. The Morgan fingerprint density at radius 3 is 2.48 bits per heavy atom. The van der Waals surface area contributed by atoms with Crippen molar-refractivity contribution in [2.75, 3.05) is 21.3 Å². The van der Waals surface area contributed by atoms with Crippen LogP contribution in [0.3, 0.4) is 0 Å². The monoisotopic (exact) mass is 413 g/mol. The van der Waals surface area contributed by atoms with Gasteiger partial charge >= 0.3 is 5.97 Å². The van der Waals surface area contributed by atoms with Crippen LogP contribution in [0, 0.1) is 0 Å². The first-order valence-corrected chi connectivity index (χ1v) is 9.97. The maximum atomic E-state index is 12.1. The van der Waals surface area contributed by atoms with Crippen LogP contribution in [0.1, 0.15) is 17.7 Å². The summed E-state index contributed by atoms with van der Waals surface area (Å²) in [4.78, 5) is 16.7. The summed E-state index contributed by atoms with van der Waals surface area (Å²) in [7, 11) is 4.81. The zero-order valence-electron chi connectivity index (χ0n) is 16.6. The SMILES string of the molecule is COc1ccc(CCC(=O)OCc2csc(-c3ccccc3OC)n2)cc1OC. The van der Waals surface area contributed by atoms with Crippen molar-refractivity contribution in [3.05, 3.63) is 59.1 Å². The zero-order chi connectivity index (χ0) is 20.6. The van der Waals surface area contributed by atoms with E-state index in [0.717, 1.165) is 27.6 Å². The molecule has 6 nitrogen and oxygen atoms in total. The van der Waals surface area contributed by atoms with Crippen LogP contribution >= 0.6 is 11.3 Å². The Labute approximate surface area is 174 Å². The van der Waals surface area contributed by atoms with Gasteiger partial charge in [0.15, 0.2) is 11.5 Å². The highest BCUT2D eigenvalue weighted by atomic mass is 32.1. The summed E-state index contributed by atoms with van der Waals surface area (Å²) in [6.07, 6.45) is 0.835. The highest BCUT2D eigenvalue weighted by molar-refractivity contribution is 7.13. The first-order valence-electron chi connectivity index (χ1n) is 9.09. The Morgan fingerprint density at radius 2 is 1.72 bits per heavy atom. The van der Waals surface area contributed by atoms with Gasteiger partial charge in [-0.25, -0.2) is 4.98 Å². The van der Waals surface area contributed by atoms with Gasteiger partial charge in [-0.1, -0.05) is 18.2 Å². The molecule has 3 rings (SSSR count). The molecule has 0 saturated heterocycles. The molecule has 2 aromatic carbocycles. The molecule has 0 amide bonds. The molecule has 1 heterocycles. The van der Waals surface area contributed by atoms with Crippen LogP contribution in [0.2, 0.25) is 0 Å². The van der Waals surface area contributed by atoms with E-state index >= 15 is 0 Å². The van der Waals surface area contributed by atoms with Gasteiger partial charge in [0.25, 0.3) is 0 Å². The normalized spacial score (nSPS) is 10.4. The molecule has 152 valence electrons. The molecule has 0 aliphatic carbocycles. The highest BCUT2D eigenvalue weighted by Crippen LogP contribution is 2.32. The molecule has 0 atom stereocenters. The van der Waals surface area contributed by atoms with E-state index in [-0.39, 0.29) is 19.0 Å². The van der Waals surface area contributed by atoms with Crippen LogP contribution in [0.25, 0.3) is 10.6 Å². The van der Waals surface area contributed by atoms with E-state index in [4.69, 9.17) is 18.9 Å². The Kier molecular flexibility index (Phi) is 7.08. The Bertz CT molecular complexity index is 969. The summed E-state index contributed by atoms with van der Waals surface area (Å²) in [5.74, 6) is 1.80. The lowest BCUT2D eigenvalue weighted by Gasteiger charge is -2.09. The van der Waals surface area contributed by atoms with Crippen LogP contribution < -0.4 is 14.2 Å². The third-order valence-corrected chi connectivity index (χ3v) is 5.26. The molecule has 0 unspecified atom stereocenters. The Hall–Kier alpha value is -3.06. The van der Waals surface area contributed by atoms with Gasteiger partial charge in [0.1, 0.15) is 17.4 Å². The fourth-order valence-corrected chi connectivity index (χ4v) is 3.66. The number of carbonyl (C=O) groups excluding carboxylic acids is 1. The maximum absolute atomic E-state index is 12.1. The van der Waals surface area contributed by atoms with Crippen molar-refractivity contribution in [3.63, 3.8) is 0 Å². The van der Waals surface area contributed by atoms with Gasteiger partial charge in [0.2, 0.25) is 0 Å². The van der Waals surface area contributed by atoms with Crippen molar-refractivity contribution in [1.29, 1.82) is 0 Å². The summed E-state index contributed by atoms with van der Waals surface area (Å²) in [5.41, 5.74) is 2.62. The minimum absolute atomic E-state index is 0.149. The van der Waals surface area contributed by atoms with E-state index in [0.29, 0.717) is 17.9 Å². The van der Waals surface area contributed by atoms with E-state index < -0.39 is 0 Å². The molecule has 0 aliphatic rings. The number of aromatic nitrogens is 1. The van der Waals surface area contributed by atoms with Gasteiger partial charge in [0, 0.05) is 11.8 Å². The number of aryl methyl sites for hydroxylation is 1. The second-order valence-corrected chi connectivity index (χ2v) is 7.05. The van der Waals surface area contributed by atoms with Crippen molar-refractivity contribution in [1.82, 2.24) is 4.98 Å². The van der Waals surface area contributed by atoms with Gasteiger partial charge in [-0.2, -0.15) is 0 Å². The third kappa shape index (κ3) is 5.26. The molecule has 0 spiro atoms. The molecule has 0 bridgehead atoms. The van der Waals surface area contributed by atoms with E-state index in [1.54, 1.807) is 21.3 Å². The predicted molar refractivity (Wildman–Crippen MR) is 112 cm³/mol. The number of benzene rings is 2. The number of thiazole rings is 1. The largest absolute Gasteiger partial charge is 0.496 e. The van der Waals surface area contributed by atoms with Gasteiger partial charge in [-0.05, 0) is 36.2 Å². The molecule has 0 N–H and O–H groups in total. The minimum atomic E-state index is -0.272. The zero-order valence-corrected chi connectivity index (χ0v) is 17.5. The molecule has 0 saturated carbocycles. The number of hydrogen-bond acceptors (Lipinski definition) is 7. The standard InChI is InChI=1S/C22H23NO5S/c1-25-18-7-5-4-6-17(18)22-23-16(14-29-22)13-28-21(24)11-9-15-8-10-19(26-2)20(12-15)27-3/h4-8,10,12,14H,9,11,13H2,1-3H3. The quantitative estimate of drug-likeness (QED) is 0.481. The van der Waals surface area contributed by atoms with Crippen molar-refractivity contribution < 1.29 is 23.7 Å². The number of rotatable bonds is 9. The number of carbonyl (C=O) groups is 1. The van der Waals surface area contributed by atoms with Crippen molar-refractivity contribution in [2.24, 2.45) is 0 Å². The molecule has 3 aromatic rings. The van der Waals surface area contributed by atoms with Gasteiger partial charge < -0.3 is 18.9 Å². The number of ether oxygens (including phenoxy) is 4. The molecule has 1 aromatic heterocycles. The van der Waals surface area contributed by atoms with Crippen LogP contribution in [-0.4, -0.2) is 32.3 Å². The van der Waals surface area contributed by atoms with E-state index in [2.05, 4.69) is 4.98 Å². The molecule has 7 heteroatoms. The molecule has 29 heavy (non-hydrogen) atoms. The second kappa shape index (κ2) is 9.93. The third-order valence-electron chi connectivity index (χ3n) is 4.34. The minimum Gasteiger partial charge on any atom is -0.496 e. The van der Waals surface area contributed by atoms with Gasteiger partial charge in [0.05, 0.1) is 32.6 Å². The fraction of sp³-hybridized carbons (Fsp3) is 0.273. The average Bonchev–Trinajstić information content (AvgIpc) is 3.24. The topological polar surface area (TPSA) is 66.9 Å². The fourth-order valence-electron chi connectivity index (χ4n) is 2.83. The molecule has 0 aliphatic heterocycles. The van der Waals surface area contributed by atoms with Gasteiger partial charge in [-0.3, -0.25) is 4.79 Å². The van der Waals surface area contributed by atoms with Crippen molar-refractivity contribution >= 4 is 17.3 Å². The van der Waals surface area contributed by atoms with E-state index in [9.17, 15) is 4.79 Å². The Morgan fingerprint density at radius 1 is 0.966 bits per heavy atom. The summed E-state index contributed by atoms with van der Waals surface area (Å²) >= 11 is 1.49. The lowest BCUT2D eigenvalue weighted by atomic mass is 10.1. The molecule has 0 fully saturated rings. The predicted octanol–water partition coefficient (Wildman–Crippen LogP) is 4.51. The lowest BCUT2D eigenvalue weighted by molar-refractivity contribution is -0.145. The number of hydrogen-bond donors (Lipinski definition) is 0. The number of nitrogens with zero attached hydrogens (tertiary/aromatic N) is 1. The number of esters is 1. The van der Waals surface area contributed by atoms with E-state index in [1.807, 2.05) is 47.8 Å². The van der Waals surface area contributed by atoms with Crippen molar-refractivity contribution in [2.45, 2.75) is 19.4 Å². The average molecular weight is 413 g/mol. The molecular formula is C22H23NO5S. The van der Waals surface area contributed by atoms with Crippen molar-refractivity contribution in [3.8, 4) is 27.8 Å². The first kappa shape index (κ1) is 20.7. The summed E-state index contributed by atoms with van der Waals surface area (Å²) in [5, 5.41) is 2.72. The van der Waals surface area contributed by atoms with Crippen LogP contribution in [0.15, 0.2) is 47.8 Å². The second-order valence-electron chi connectivity index (χ2n) is 6.19. The summed E-state index contributed by atoms with van der Waals surface area (Å²) < 4.78 is 21.3. The molecular weight excluding hydrogens is 390 g/mol. The number of methoxy groups -OCH3 is 3. The number of para-hydroxylation sites is 1. The van der Waals surface area contributed by atoms with E-state index in [1.165, 1.54) is 11.3 Å². The molecule has 0 radical (unpaired) electrons. The van der Waals surface area contributed by atoms with Crippen LogP contribution in [0.5, 0.6) is 17.2 Å². The van der Waals surface area contributed by atoms with Gasteiger partial charge in [-0.15, -0.1) is 11.3 Å². The highest BCUT2D eigenvalue weighted by Gasteiger charge is 2.12. The smallest absolute Gasteiger partial charge is 0.306 e. The lowest BCUT2D eigenvalue weighted by Crippen LogP contribution is -2.06.